The van der Waals surface area contributed by atoms with E-state index in [1.54, 1.807) is 13.0 Å². The largest absolute Gasteiger partial charge is 0.496 e. The van der Waals surface area contributed by atoms with Crippen molar-refractivity contribution in [1.29, 1.82) is 0 Å². The zero-order valence-corrected chi connectivity index (χ0v) is 10.5. The summed E-state index contributed by atoms with van der Waals surface area (Å²) >= 11 is 3.21. The molecule has 5 heteroatoms. The van der Waals surface area contributed by atoms with E-state index in [0.717, 1.165) is 0 Å². The monoisotopic (exact) mass is 286 g/mol. The van der Waals surface area contributed by atoms with E-state index in [4.69, 9.17) is 9.47 Å². The summed E-state index contributed by atoms with van der Waals surface area (Å²) in [6, 6.07) is 3.00. The van der Waals surface area contributed by atoms with E-state index in [1.807, 2.05) is 0 Å². The van der Waals surface area contributed by atoms with Crippen LogP contribution in [-0.2, 0) is 4.74 Å². The number of rotatable bonds is 4. The Bertz CT molecular complexity index is 415. The minimum absolute atomic E-state index is 0.245. The van der Waals surface area contributed by atoms with Gasteiger partial charge < -0.3 is 9.47 Å². The van der Waals surface area contributed by atoms with Gasteiger partial charge in [-0.05, 0) is 35.0 Å². The summed E-state index contributed by atoms with van der Waals surface area (Å²) in [4.78, 5) is 22.3. The Morgan fingerprint density at radius 1 is 1.50 bits per heavy atom. The van der Waals surface area contributed by atoms with Gasteiger partial charge in [0.25, 0.3) is 0 Å². The maximum atomic E-state index is 11.6. The molecule has 0 N–H and O–H groups in total. The predicted molar refractivity (Wildman–Crippen MR) is 62.0 cm³/mol. The second-order valence-electron chi connectivity index (χ2n) is 2.91. The lowest BCUT2D eigenvalue weighted by Crippen LogP contribution is -2.07. The third-order valence-electron chi connectivity index (χ3n) is 1.94. The molecule has 0 heterocycles. The lowest BCUT2D eigenvalue weighted by atomic mass is 10.1. The van der Waals surface area contributed by atoms with E-state index in [0.29, 0.717) is 22.1 Å². The standard InChI is InChI=1S/C11H11BrO4/c1-3-16-11(14)8-4-7(6-13)9(12)5-10(8)15-2/h4-6H,3H2,1-2H3. The van der Waals surface area contributed by atoms with E-state index < -0.39 is 5.97 Å². The van der Waals surface area contributed by atoms with Gasteiger partial charge in [-0.3, -0.25) is 4.79 Å². The fourth-order valence-corrected chi connectivity index (χ4v) is 1.62. The number of hydrogen-bond donors (Lipinski definition) is 0. The Labute approximate surface area is 102 Å². The van der Waals surface area contributed by atoms with Crippen molar-refractivity contribution >= 4 is 28.2 Å². The van der Waals surface area contributed by atoms with Crippen LogP contribution in [0.5, 0.6) is 5.75 Å². The Kier molecular flexibility index (Phi) is 4.49. The van der Waals surface area contributed by atoms with E-state index in [9.17, 15) is 9.59 Å². The number of aldehydes is 1. The molecule has 0 bridgehead atoms. The van der Waals surface area contributed by atoms with Crippen LogP contribution in [0.4, 0.5) is 0 Å². The molecular weight excluding hydrogens is 276 g/mol. The number of carbonyl (C=O) groups excluding carboxylic acids is 2. The minimum Gasteiger partial charge on any atom is -0.496 e. The Morgan fingerprint density at radius 2 is 2.19 bits per heavy atom. The smallest absolute Gasteiger partial charge is 0.341 e. The number of halogens is 1. The molecule has 1 aromatic rings. The highest BCUT2D eigenvalue weighted by atomic mass is 79.9. The quantitative estimate of drug-likeness (QED) is 0.630. The summed E-state index contributed by atoms with van der Waals surface area (Å²) in [5.41, 5.74) is 0.624. The van der Waals surface area contributed by atoms with Gasteiger partial charge in [-0.2, -0.15) is 0 Å². The van der Waals surface area contributed by atoms with Crippen LogP contribution in [0, 0.1) is 0 Å². The van der Waals surface area contributed by atoms with Crippen LogP contribution >= 0.6 is 15.9 Å². The Balaban J connectivity index is 3.24. The molecule has 0 spiro atoms. The number of ether oxygens (including phenoxy) is 2. The number of methoxy groups -OCH3 is 1. The highest BCUT2D eigenvalue weighted by molar-refractivity contribution is 9.10. The van der Waals surface area contributed by atoms with Crippen LogP contribution in [0.2, 0.25) is 0 Å². The van der Waals surface area contributed by atoms with E-state index >= 15 is 0 Å². The predicted octanol–water partition coefficient (Wildman–Crippen LogP) is 2.45. The number of esters is 1. The average molecular weight is 287 g/mol. The van der Waals surface area contributed by atoms with E-state index in [2.05, 4.69) is 15.9 Å². The molecule has 0 atom stereocenters. The molecule has 0 saturated carbocycles. The van der Waals surface area contributed by atoms with Gasteiger partial charge in [-0.1, -0.05) is 0 Å². The van der Waals surface area contributed by atoms with Crippen molar-refractivity contribution in [1.82, 2.24) is 0 Å². The average Bonchev–Trinajstić information content (AvgIpc) is 2.28. The third-order valence-corrected chi connectivity index (χ3v) is 2.63. The maximum Gasteiger partial charge on any atom is 0.341 e. The van der Waals surface area contributed by atoms with Gasteiger partial charge in [0, 0.05) is 10.0 Å². The topological polar surface area (TPSA) is 52.6 Å². The Morgan fingerprint density at radius 3 is 2.69 bits per heavy atom. The summed E-state index contributed by atoms with van der Waals surface area (Å²) in [5.74, 6) is -0.133. The molecule has 1 aromatic carbocycles. The molecule has 86 valence electrons. The van der Waals surface area contributed by atoms with Crippen LogP contribution in [0.15, 0.2) is 16.6 Å². The molecule has 0 saturated heterocycles. The van der Waals surface area contributed by atoms with Gasteiger partial charge >= 0.3 is 5.97 Å². The fourth-order valence-electron chi connectivity index (χ4n) is 1.20. The molecule has 1 rings (SSSR count). The van der Waals surface area contributed by atoms with Crippen molar-refractivity contribution in [3.63, 3.8) is 0 Å². The third kappa shape index (κ3) is 2.61. The van der Waals surface area contributed by atoms with Crippen molar-refractivity contribution in [2.75, 3.05) is 13.7 Å². The van der Waals surface area contributed by atoms with Crippen LogP contribution < -0.4 is 4.74 Å². The molecule has 0 amide bonds. The van der Waals surface area contributed by atoms with Crippen LogP contribution in [0.3, 0.4) is 0 Å². The van der Waals surface area contributed by atoms with Crippen molar-refractivity contribution in [3.05, 3.63) is 27.7 Å². The van der Waals surface area contributed by atoms with Gasteiger partial charge in [0.2, 0.25) is 0 Å². The summed E-state index contributed by atoms with van der Waals surface area (Å²) in [6.45, 7) is 1.98. The molecular formula is C11H11BrO4. The summed E-state index contributed by atoms with van der Waals surface area (Å²) in [7, 11) is 1.45. The number of hydrogen-bond acceptors (Lipinski definition) is 4. The molecule has 0 radical (unpaired) electrons. The van der Waals surface area contributed by atoms with Crippen molar-refractivity contribution in [2.24, 2.45) is 0 Å². The second-order valence-corrected chi connectivity index (χ2v) is 3.77. The van der Waals surface area contributed by atoms with E-state index in [-0.39, 0.29) is 12.2 Å². The van der Waals surface area contributed by atoms with Gasteiger partial charge in [0.05, 0.1) is 13.7 Å². The van der Waals surface area contributed by atoms with Crippen molar-refractivity contribution < 1.29 is 19.1 Å². The molecule has 0 aromatic heterocycles. The lowest BCUT2D eigenvalue weighted by molar-refractivity contribution is 0.0522. The molecule has 0 aliphatic carbocycles. The first-order valence-corrected chi connectivity index (χ1v) is 5.43. The molecule has 16 heavy (non-hydrogen) atoms. The van der Waals surface area contributed by atoms with Gasteiger partial charge in [-0.25, -0.2) is 4.79 Å². The molecule has 0 unspecified atom stereocenters. The SMILES string of the molecule is CCOC(=O)c1cc(C=O)c(Br)cc1OC. The maximum absolute atomic E-state index is 11.6. The first kappa shape index (κ1) is 12.7. The van der Waals surface area contributed by atoms with Gasteiger partial charge in [-0.15, -0.1) is 0 Å². The minimum atomic E-state index is -0.505. The lowest BCUT2D eigenvalue weighted by Gasteiger charge is -2.09. The normalized spacial score (nSPS) is 9.69. The summed E-state index contributed by atoms with van der Waals surface area (Å²) in [5, 5.41) is 0. The van der Waals surface area contributed by atoms with Gasteiger partial charge in [0.15, 0.2) is 6.29 Å². The van der Waals surface area contributed by atoms with Crippen molar-refractivity contribution in [3.8, 4) is 5.75 Å². The molecule has 0 fully saturated rings. The van der Waals surface area contributed by atoms with Gasteiger partial charge in [0.1, 0.15) is 11.3 Å². The number of benzene rings is 1. The molecule has 0 aliphatic rings. The molecule has 4 nitrogen and oxygen atoms in total. The zero-order valence-electron chi connectivity index (χ0n) is 8.95. The number of carbonyl (C=O) groups is 2. The highest BCUT2D eigenvalue weighted by Gasteiger charge is 2.16. The summed E-state index contributed by atoms with van der Waals surface area (Å²) in [6.07, 6.45) is 0.659. The fraction of sp³-hybridized carbons (Fsp3) is 0.273. The Hall–Kier alpha value is -1.36. The van der Waals surface area contributed by atoms with Crippen LogP contribution in [-0.4, -0.2) is 26.0 Å². The van der Waals surface area contributed by atoms with E-state index in [1.165, 1.54) is 13.2 Å². The first-order chi connectivity index (χ1) is 7.63. The zero-order chi connectivity index (χ0) is 12.1. The van der Waals surface area contributed by atoms with Crippen molar-refractivity contribution in [2.45, 2.75) is 6.92 Å². The summed E-state index contributed by atoms with van der Waals surface area (Å²) < 4.78 is 10.5. The van der Waals surface area contributed by atoms with Crippen LogP contribution in [0.25, 0.3) is 0 Å². The highest BCUT2D eigenvalue weighted by Crippen LogP contribution is 2.27. The second kappa shape index (κ2) is 5.65. The van der Waals surface area contributed by atoms with Crippen LogP contribution in [0.1, 0.15) is 27.6 Å². The first-order valence-electron chi connectivity index (χ1n) is 4.63. The molecule has 0 aliphatic heterocycles.